The van der Waals surface area contributed by atoms with E-state index in [4.69, 9.17) is 10.8 Å². The number of pyridine rings is 1. The zero-order chi connectivity index (χ0) is 24.6. The zero-order valence-corrected chi connectivity index (χ0v) is 18.8. The number of hydrogen-bond donors (Lipinski definition) is 2. The van der Waals surface area contributed by atoms with Crippen LogP contribution in [0.5, 0.6) is 0 Å². The van der Waals surface area contributed by atoms with Gasteiger partial charge in [-0.2, -0.15) is 10.8 Å². The molecule has 1 aromatic heterocycles. The third-order valence-electron chi connectivity index (χ3n) is 6.22. The molecule has 0 bridgehead atoms. The van der Waals surface area contributed by atoms with Gasteiger partial charge in [0.05, 0.1) is 29.6 Å². The summed E-state index contributed by atoms with van der Waals surface area (Å²) in [4.78, 5) is 40.5. The van der Waals surface area contributed by atoms with E-state index in [0.717, 1.165) is 18.9 Å². The standard InChI is InChI=1S/C25H22FN7O2/c1-2-22(34)32-12-5-8-19(32)23-20-15-28-11-13-33(20,27)24(31-23)17-6-3-4-7-18(17)25(35)30-21-14-16(26)9-10-29-21/h2-4,6-7,9-11,13-15,19H,1,5,8,12,27H2/p+1. The van der Waals surface area contributed by atoms with E-state index in [9.17, 15) is 14.0 Å². The Labute approximate surface area is 201 Å². The summed E-state index contributed by atoms with van der Waals surface area (Å²) in [5.74, 6) is 6.17. The highest BCUT2D eigenvalue weighted by atomic mass is 19.1. The van der Waals surface area contributed by atoms with Crippen LogP contribution in [0.2, 0.25) is 0 Å². The molecule has 2 amide bonds. The van der Waals surface area contributed by atoms with E-state index in [-0.39, 0.29) is 22.4 Å². The van der Waals surface area contributed by atoms with Gasteiger partial charge in [0, 0.05) is 18.8 Å². The van der Waals surface area contributed by atoms with Crippen LogP contribution in [0, 0.1) is 5.82 Å². The van der Waals surface area contributed by atoms with E-state index >= 15 is 0 Å². The Kier molecular flexibility index (Phi) is 5.67. The number of benzene rings is 1. The minimum atomic E-state index is -0.512. The number of aromatic nitrogens is 1. The molecule has 3 aliphatic heterocycles. The SMILES string of the molecule is C=CC(=O)N1CCCC1C1=C2C=NC=C[N+]2(N)C(c2ccccc2C(=O)Nc2cc(F)ccn2)=N1. The molecule has 10 heteroatoms. The number of aliphatic imine (C=N–C) groups is 2. The number of allylic oxidation sites excluding steroid dienone is 1. The van der Waals surface area contributed by atoms with Crippen LogP contribution in [-0.4, -0.2) is 50.9 Å². The molecule has 2 atom stereocenters. The van der Waals surface area contributed by atoms with Gasteiger partial charge in [0.15, 0.2) is 0 Å². The fourth-order valence-electron chi connectivity index (χ4n) is 4.60. The highest BCUT2D eigenvalue weighted by Gasteiger charge is 2.48. The molecule has 1 aromatic carbocycles. The summed E-state index contributed by atoms with van der Waals surface area (Å²) in [5, 5.41) is 2.63. The average Bonchev–Trinajstić information content (AvgIpc) is 3.46. The summed E-state index contributed by atoms with van der Waals surface area (Å²) < 4.78 is 13.3. The molecular formula is C25H23FN7O2+. The smallest absolute Gasteiger partial charge is 0.265 e. The number of carbonyl (C=O) groups is 2. The third kappa shape index (κ3) is 3.88. The van der Waals surface area contributed by atoms with E-state index in [1.807, 2.05) is 0 Å². The van der Waals surface area contributed by atoms with Crippen molar-refractivity contribution >= 4 is 29.7 Å². The highest BCUT2D eigenvalue weighted by Crippen LogP contribution is 2.37. The summed E-state index contributed by atoms with van der Waals surface area (Å²) in [6, 6.07) is 8.94. The number of likely N-dealkylation sites (tertiary alicyclic amines) is 1. The van der Waals surface area contributed by atoms with Crippen LogP contribution >= 0.6 is 0 Å². The second-order valence-corrected chi connectivity index (χ2v) is 8.31. The van der Waals surface area contributed by atoms with Crippen LogP contribution in [0.1, 0.15) is 28.8 Å². The van der Waals surface area contributed by atoms with Gasteiger partial charge in [-0.15, -0.1) is 4.59 Å². The number of nitrogens with one attached hydrogen (secondary N) is 1. The molecule has 3 N–H and O–H groups in total. The second kappa shape index (κ2) is 8.82. The lowest BCUT2D eigenvalue weighted by molar-refractivity contribution is -0.750. The van der Waals surface area contributed by atoms with E-state index in [2.05, 4.69) is 21.9 Å². The fourth-order valence-corrected chi connectivity index (χ4v) is 4.60. The first-order valence-electron chi connectivity index (χ1n) is 11.1. The Hall–Kier alpha value is -4.28. The Balaban J connectivity index is 1.57. The van der Waals surface area contributed by atoms with Crippen molar-refractivity contribution in [2.75, 3.05) is 11.9 Å². The van der Waals surface area contributed by atoms with Crippen LogP contribution in [0.3, 0.4) is 0 Å². The van der Waals surface area contributed by atoms with Gasteiger partial charge in [-0.3, -0.25) is 14.6 Å². The Bertz CT molecular complexity index is 1360. The molecule has 3 aliphatic rings. The van der Waals surface area contributed by atoms with Crippen molar-refractivity contribution in [1.82, 2.24) is 9.88 Å². The van der Waals surface area contributed by atoms with E-state index in [1.54, 1.807) is 47.8 Å². The molecule has 0 radical (unpaired) electrons. The summed E-state index contributed by atoms with van der Waals surface area (Å²) in [6.45, 7) is 4.20. The van der Waals surface area contributed by atoms with Gasteiger partial charge < -0.3 is 10.2 Å². The molecule has 2 aromatic rings. The number of rotatable bonds is 5. The Morgan fingerprint density at radius 1 is 1.29 bits per heavy atom. The highest BCUT2D eigenvalue weighted by molar-refractivity contribution is 6.13. The maximum absolute atomic E-state index is 13.6. The van der Waals surface area contributed by atoms with Gasteiger partial charge in [0.25, 0.3) is 11.7 Å². The van der Waals surface area contributed by atoms with Gasteiger partial charge in [-0.1, -0.05) is 18.7 Å². The third-order valence-corrected chi connectivity index (χ3v) is 6.22. The van der Waals surface area contributed by atoms with Crippen molar-refractivity contribution in [2.24, 2.45) is 15.8 Å². The monoisotopic (exact) mass is 472 g/mol. The van der Waals surface area contributed by atoms with E-state index in [0.29, 0.717) is 34.9 Å². The second-order valence-electron chi connectivity index (χ2n) is 8.31. The molecule has 9 nitrogen and oxygen atoms in total. The zero-order valence-electron chi connectivity index (χ0n) is 18.8. The largest absolute Gasteiger partial charge is 0.330 e. The summed E-state index contributed by atoms with van der Waals surface area (Å²) in [7, 11) is 0. The van der Waals surface area contributed by atoms with Crippen LogP contribution < -0.4 is 11.2 Å². The number of nitrogens with two attached hydrogens (primary N) is 1. The number of nitrogens with zero attached hydrogens (tertiary/aromatic N) is 5. The molecule has 176 valence electrons. The number of fused-ring (bicyclic) bond motifs is 1. The van der Waals surface area contributed by atoms with Gasteiger partial charge >= 0.3 is 0 Å². The summed E-state index contributed by atoms with van der Waals surface area (Å²) in [6.07, 6.45) is 9.00. The lowest BCUT2D eigenvalue weighted by Crippen LogP contribution is -2.53. The number of carbonyl (C=O) groups excluding carboxylic acids is 2. The summed E-state index contributed by atoms with van der Waals surface area (Å²) >= 11 is 0. The number of quaternary nitrogens is 1. The maximum atomic E-state index is 13.6. The predicted octanol–water partition coefficient (Wildman–Crippen LogP) is 2.87. The molecule has 1 fully saturated rings. The quantitative estimate of drug-likeness (QED) is 0.396. The van der Waals surface area contributed by atoms with Crippen molar-refractivity contribution in [3.8, 4) is 0 Å². The maximum Gasteiger partial charge on any atom is 0.265 e. The number of anilines is 1. The van der Waals surface area contributed by atoms with Crippen molar-refractivity contribution in [3.05, 3.63) is 96.0 Å². The lowest BCUT2D eigenvalue weighted by Gasteiger charge is -2.28. The van der Waals surface area contributed by atoms with Gasteiger partial charge in [-0.25, -0.2) is 9.37 Å². The molecule has 1 saturated heterocycles. The minimum Gasteiger partial charge on any atom is -0.330 e. The topological polar surface area (TPSA) is 113 Å². The van der Waals surface area contributed by atoms with Gasteiger partial charge in [0.2, 0.25) is 11.6 Å². The summed E-state index contributed by atoms with van der Waals surface area (Å²) in [5.41, 5.74) is 2.04. The number of halogens is 1. The minimum absolute atomic E-state index is 0.0869. The normalized spacial score (nSPS) is 22.7. The van der Waals surface area contributed by atoms with Crippen LogP contribution in [0.4, 0.5) is 10.2 Å². The number of amidine groups is 1. The average molecular weight is 473 g/mol. The van der Waals surface area contributed by atoms with Crippen molar-refractivity contribution in [3.63, 3.8) is 0 Å². The molecular weight excluding hydrogens is 449 g/mol. The van der Waals surface area contributed by atoms with Crippen molar-refractivity contribution in [2.45, 2.75) is 18.9 Å². The lowest BCUT2D eigenvalue weighted by atomic mass is 10.0. The molecule has 4 heterocycles. The van der Waals surface area contributed by atoms with Gasteiger partial charge in [-0.05, 0) is 37.1 Å². The van der Waals surface area contributed by atoms with Crippen LogP contribution in [0.15, 0.2) is 89.0 Å². The van der Waals surface area contributed by atoms with Crippen LogP contribution in [-0.2, 0) is 4.79 Å². The predicted molar refractivity (Wildman–Crippen MR) is 129 cm³/mol. The van der Waals surface area contributed by atoms with Crippen molar-refractivity contribution in [1.29, 1.82) is 0 Å². The number of hydrogen-bond acceptors (Lipinski definition) is 6. The molecule has 0 spiro atoms. The molecule has 0 aliphatic carbocycles. The molecule has 2 unspecified atom stereocenters. The van der Waals surface area contributed by atoms with E-state index in [1.165, 1.54) is 18.3 Å². The molecule has 35 heavy (non-hydrogen) atoms. The first-order chi connectivity index (χ1) is 16.9. The fraction of sp³-hybridized carbons (Fsp3) is 0.160. The number of amides is 2. The van der Waals surface area contributed by atoms with Gasteiger partial charge in [0.1, 0.15) is 23.5 Å². The Morgan fingerprint density at radius 3 is 2.91 bits per heavy atom. The molecule has 0 saturated carbocycles. The van der Waals surface area contributed by atoms with E-state index < -0.39 is 11.7 Å². The first kappa shape index (κ1) is 22.5. The van der Waals surface area contributed by atoms with Crippen LogP contribution in [0.25, 0.3) is 0 Å². The molecule has 5 rings (SSSR count). The van der Waals surface area contributed by atoms with Crippen molar-refractivity contribution < 1.29 is 18.6 Å². The first-order valence-corrected chi connectivity index (χ1v) is 11.1. The Morgan fingerprint density at radius 2 is 2.11 bits per heavy atom.